The molecular weight excluding hydrogens is 192 g/mol. The molecular formula is C11H20N2O2. The maximum absolute atomic E-state index is 11.5. The standard InChI is InChI=1S/C11H20N2O2/c1-5-13(8-9(3)7-12)10(4)11(14)15-6-2/h9-10H,5-6,8H2,1-4H3. The maximum atomic E-state index is 11.5. The van der Waals surface area contributed by atoms with Crippen molar-refractivity contribution in [2.75, 3.05) is 19.7 Å². The average molecular weight is 212 g/mol. The van der Waals surface area contributed by atoms with E-state index in [2.05, 4.69) is 6.07 Å². The molecule has 4 nitrogen and oxygen atoms in total. The van der Waals surface area contributed by atoms with Crippen LogP contribution in [0, 0.1) is 17.2 Å². The zero-order valence-corrected chi connectivity index (χ0v) is 9.99. The molecule has 15 heavy (non-hydrogen) atoms. The topological polar surface area (TPSA) is 53.3 Å². The molecule has 4 heteroatoms. The molecule has 0 aliphatic rings. The number of ether oxygens (including phenoxy) is 1. The number of esters is 1. The van der Waals surface area contributed by atoms with Gasteiger partial charge >= 0.3 is 5.97 Å². The Bertz CT molecular complexity index is 235. The van der Waals surface area contributed by atoms with Crippen molar-refractivity contribution >= 4 is 5.97 Å². The van der Waals surface area contributed by atoms with Crippen LogP contribution in [0.5, 0.6) is 0 Å². The van der Waals surface area contributed by atoms with Crippen LogP contribution in [0.2, 0.25) is 0 Å². The van der Waals surface area contributed by atoms with Crippen molar-refractivity contribution in [1.82, 2.24) is 4.90 Å². The Balaban J connectivity index is 4.28. The van der Waals surface area contributed by atoms with Gasteiger partial charge in [-0.3, -0.25) is 9.69 Å². The van der Waals surface area contributed by atoms with Crippen molar-refractivity contribution in [1.29, 1.82) is 5.26 Å². The van der Waals surface area contributed by atoms with Gasteiger partial charge in [-0.05, 0) is 27.3 Å². The number of hydrogen-bond acceptors (Lipinski definition) is 4. The van der Waals surface area contributed by atoms with Crippen molar-refractivity contribution in [2.45, 2.75) is 33.7 Å². The van der Waals surface area contributed by atoms with Crippen LogP contribution in [0.3, 0.4) is 0 Å². The highest BCUT2D eigenvalue weighted by Crippen LogP contribution is 2.05. The lowest BCUT2D eigenvalue weighted by Crippen LogP contribution is -2.42. The van der Waals surface area contributed by atoms with Crippen LogP contribution in [0.25, 0.3) is 0 Å². The van der Waals surface area contributed by atoms with Crippen LogP contribution in [0.15, 0.2) is 0 Å². The van der Waals surface area contributed by atoms with Crippen molar-refractivity contribution in [2.24, 2.45) is 5.92 Å². The summed E-state index contributed by atoms with van der Waals surface area (Å²) in [5, 5.41) is 8.71. The first-order valence-corrected chi connectivity index (χ1v) is 5.37. The molecule has 0 spiro atoms. The number of rotatable bonds is 6. The van der Waals surface area contributed by atoms with Gasteiger partial charge in [0.1, 0.15) is 6.04 Å². The van der Waals surface area contributed by atoms with Gasteiger partial charge < -0.3 is 4.74 Å². The highest BCUT2D eigenvalue weighted by atomic mass is 16.5. The third-order valence-electron chi connectivity index (χ3n) is 2.31. The summed E-state index contributed by atoms with van der Waals surface area (Å²) in [6, 6.07) is 1.89. The van der Waals surface area contributed by atoms with E-state index in [1.165, 1.54) is 0 Å². The number of hydrogen-bond donors (Lipinski definition) is 0. The fraction of sp³-hybridized carbons (Fsp3) is 0.818. The van der Waals surface area contributed by atoms with Crippen molar-refractivity contribution in [3.05, 3.63) is 0 Å². The van der Waals surface area contributed by atoms with E-state index in [0.29, 0.717) is 13.2 Å². The second-order valence-corrected chi connectivity index (χ2v) is 3.55. The van der Waals surface area contributed by atoms with Crippen molar-refractivity contribution < 1.29 is 9.53 Å². The van der Waals surface area contributed by atoms with Crippen LogP contribution in [-0.2, 0) is 9.53 Å². The lowest BCUT2D eigenvalue weighted by molar-refractivity contribution is -0.148. The van der Waals surface area contributed by atoms with Gasteiger partial charge in [0, 0.05) is 6.54 Å². The molecule has 0 aliphatic heterocycles. The summed E-state index contributed by atoms with van der Waals surface area (Å²) >= 11 is 0. The van der Waals surface area contributed by atoms with E-state index >= 15 is 0 Å². The zero-order chi connectivity index (χ0) is 11.8. The molecule has 0 heterocycles. The Hall–Kier alpha value is -1.08. The molecule has 0 amide bonds. The summed E-state index contributed by atoms with van der Waals surface area (Å²) in [6.07, 6.45) is 0. The van der Waals surface area contributed by atoms with E-state index in [9.17, 15) is 4.79 Å². The van der Waals surface area contributed by atoms with Gasteiger partial charge in [-0.25, -0.2) is 0 Å². The van der Waals surface area contributed by atoms with Crippen LogP contribution in [0.4, 0.5) is 0 Å². The van der Waals surface area contributed by atoms with Gasteiger partial charge in [-0.2, -0.15) is 5.26 Å². The van der Waals surface area contributed by atoms with E-state index in [4.69, 9.17) is 10.00 Å². The highest BCUT2D eigenvalue weighted by molar-refractivity contribution is 5.75. The molecule has 0 aromatic heterocycles. The Kier molecular flexibility index (Phi) is 6.72. The molecule has 2 atom stereocenters. The molecule has 0 aromatic carbocycles. The molecule has 0 saturated carbocycles. The molecule has 0 aromatic rings. The average Bonchev–Trinajstić information content (AvgIpc) is 2.24. The maximum Gasteiger partial charge on any atom is 0.323 e. The summed E-state index contributed by atoms with van der Waals surface area (Å²) in [6.45, 7) is 9.16. The van der Waals surface area contributed by atoms with E-state index in [0.717, 1.165) is 6.54 Å². The molecule has 0 rings (SSSR count). The van der Waals surface area contributed by atoms with Gasteiger partial charge in [0.05, 0.1) is 18.6 Å². The van der Waals surface area contributed by atoms with E-state index in [1.54, 1.807) is 6.92 Å². The van der Waals surface area contributed by atoms with Crippen molar-refractivity contribution in [3.63, 3.8) is 0 Å². The minimum absolute atomic E-state index is 0.0678. The molecule has 0 radical (unpaired) electrons. The van der Waals surface area contributed by atoms with Gasteiger partial charge in [0.15, 0.2) is 0 Å². The molecule has 2 unspecified atom stereocenters. The van der Waals surface area contributed by atoms with E-state index < -0.39 is 0 Å². The summed E-state index contributed by atoms with van der Waals surface area (Å²) in [7, 11) is 0. The molecule has 0 bridgehead atoms. The second-order valence-electron chi connectivity index (χ2n) is 3.55. The lowest BCUT2D eigenvalue weighted by Gasteiger charge is -2.26. The summed E-state index contributed by atoms with van der Waals surface area (Å²) < 4.78 is 4.94. The number of nitriles is 1. The Labute approximate surface area is 91.8 Å². The zero-order valence-electron chi connectivity index (χ0n) is 9.99. The third kappa shape index (κ3) is 4.80. The predicted molar refractivity (Wildman–Crippen MR) is 58.1 cm³/mol. The Morgan fingerprint density at radius 1 is 1.47 bits per heavy atom. The second kappa shape index (κ2) is 7.24. The monoisotopic (exact) mass is 212 g/mol. The molecule has 0 N–H and O–H groups in total. The summed E-state index contributed by atoms with van der Waals surface area (Å²) in [5.41, 5.74) is 0. The smallest absolute Gasteiger partial charge is 0.323 e. The third-order valence-corrected chi connectivity index (χ3v) is 2.31. The summed E-state index contributed by atoms with van der Waals surface area (Å²) in [4.78, 5) is 13.4. The van der Waals surface area contributed by atoms with Crippen LogP contribution in [0.1, 0.15) is 27.7 Å². The minimum Gasteiger partial charge on any atom is -0.465 e. The van der Waals surface area contributed by atoms with Crippen LogP contribution < -0.4 is 0 Å². The van der Waals surface area contributed by atoms with Gasteiger partial charge in [0.2, 0.25) is 0 Å². The van der Waals surface area contributed by atoms with Gasteiger partial charge in [-0.15, -0.1) is 0 Å². The fourth-order valence-corrected chi connectivity index (χ4v) is 1.37. The van der Waals surface area contributed by atoms with Gasteiger partial charge in [0.25, 0.3) is 0 Å². The normalized spacial score (nSPS) is 14.4. The first-order valence-electron chi connectivity index (χ1n) is 5.37. The first kappa shape index (κ1) is 13.9. The first-order chi connectivity index (χ1) is 7.06. The number of nitrogens with zero attached hydrogens (tertiary/aromatic N) is 2. The molecule has 86 valence electrons. The minimum atomic E-state index is -0.272. The van der Waals surface area contributed by atoms with Crippen molar-refractivity contribution in [3.8, 4) is 6.07 Å². The van der Waals surface area contributed by atoms with E-state index in [1.807, 2.05) is 25.7 Å². The van der Waals surface area contributed by atoms with Crippen LogP contribution >= 0.6 is 0 Å². The van der Waals surface area contributed by atoms with Gasteiger partial charge in [-0.1, -0.05) is 6.92 Å². The highest BCUT2D eigenvalue weighted by Gasteiger charge is 2.22. The lowest BCUT2D eigenvalue weighted by atomic mass is 10.1. The van der Waals surface area contributed by atoms with Crippen LogP contribution in [-0.4, -0.2) is 36.6 Å². The Morgan fingerprint density at radius 3 is 2.47 bits per heavy atom. The number of likely N-dealkylation sites (N-methyl/N-ethyl adjacent to an activating group) is 1. The Morgan fingerprint density at radius 2 is 2.07 bits per heavy atom. The SMILES string of the molecule is CCOC(=O)C(C)N(CC)CC(C)C#N. The fourth-order valence-electron chi connectivity index (χ4n) is 1.37. The number of carbonyl (C=O) groups excluding carboxylic acids is 1. The molecule has 0 fully saturated rings. The molecule has 0 aliphatic carbocycles. The molecule has 0 saturated heterocycles. The largest absolute Gasteiger partial charge is 0.465 e. The predicted octanol–water partition coefficient (Wildman–Crippen LogP) is 1.42. The number of carbonyl (C=O) groups is 1. The quantitative estimate of drug-likeness (QED) is 0.625. The van der Waals surface area contributed by atoms with E-state index in [-0.39, 0.29) is 17.9 Å². The summed E-state index contributed by atoms with van der Waals surface area (Å²) in [5.74, 6) is -0.286.